The van der Waals surface area contributed by atoms with Gasteiger partial charge in [0.15, 0.2) is 0 Å². The Hall–Kier alpha value is -0.900. The van der Waals surface area contributed by atoms with Gasteiger partial charge in [0.2, 0.25) is 5.91 Å². The summed E-state index contributed by atoms with van der Waals surface area (Å²) in [4.78, 5) is 12.0. The fraction of sp³-hybridized carbons (Fsp3) is 0.533. The lowest BCUT2D eigenvalue weighted by Gasteiger charge is -2.20. The van der Waals surface area contributed by atoms with Crippen LogP contribution in [0, 0.1) is 23.6 Å². The van der Waals surface area contributed by atoms with Crippen LogP contribution in [-0.4, -0.2) is 5.91 Å². The molecule has 3 rings (SSSR count). The summed E-state index contributed by atoms with van der Waals surface area (Å²) in [6.07, 6.45) is 5.79. The van der Waals surface area contributed by atoms with Gasteiger partial charge in [0.1, 0.15) is 5.82 Å². The summed E-state index contributed by atoms with van der Waals surface area (Å²) in [6.45, 7) is 0. The zero-order chi connectivity index (χ0) is 13.4. The van der Waals surface area contributed by atoms with E-state index in [0.29, 0.717) is 22.5 Å². The van der Waals surface area contributed by atoms with Crippen LogP contribution in [-0.2, 0) is 4.79 Å². The first-order valence-electron chi connectivity index (χ1n) is 6.86. The Bertz CT molecular complexity index is 505. The summed E-state index contributed by atoms with van der Waals surface area (Å²) in [5.41, 5.74) is 0.654. The molecule has 0 aromatic heterocycles. The molecule has 2 bridgehead atoms. The summed E-state index contributed by atoms with van der Waals surface area (Å²) < 4.78 is 13.5. The molecule has 2 nitrogen and oxygen atoms in total. The van der Waals surface area contributed by atoms with Gasteiger partial charge in [-0.1, -0.05) is 6.42 Å². The maximum absolute atomic E-state index is 13.1. The second-order valence-corrected chi connectivity index (χ2v) is 6.67. The predicted molar refractivity (Wildman–Crippen MR) is 76.3 cm³/mol. The highest BCUT2D eigenvalue weighted by Crippen LogP contribution is 2.49. The highest BCUT2D eigenvalue weighted by molar-refractivity contribution is 9.10. The van der Waals surface area contributed by atoms with Crippen molar-refractivity contribution in [1.82, 2.24) is 0 Å². The van der Waals surface area contributed by atoms with Crippen molar-refractivity contribution in [1.29, 1.82) is 0 Å². The average molecular weight is 326 g/mol. The van der Waals surface area contributed by atoms with Gasteiger partial charge in [-0.3, -0.25) is 4.79 Å². The van der Waals surface area contributed by atoms with E-state index in [4.69, 9.17) is 0 Å². The summed E-state index contributed by atoms with van der Waals surface area (Å²) in [7, 11) is 0. The van der Waals surface area contributed by atoms with Crippen LogP contribution in [0.15, 0.2) is 22.7 Å². The Morgan fingerprint density at radius 1 is 1.37 bits per heavy atom. The quantitative estimate of drug-likeness (QED) is 0.879. The van der Waals surface area contributed by atoms with Crippen LogP contribution >= 0.6 is 15.9 Å². The van der Waals surface area contributed by atoms with Crippen LogP contribution < -0.4 is 5.32 Å². The van der Waals surface area contributed by atoms with Crippen LogP contribution in [0.4, 0.5) is 10.1 Å². The number of benzene rings is 1. The third-order valence-corrected chi connectivity index (χ3v) is 5.14. The van der Waals surface area contributed by atoms with Crippen LogP contribution in [0.3, 0.4) is 0 Å². The second kappa shape index (κ2) is 5.23. The van der Waals surface area contributed by atoms with E-state index in [1.807, 2.05) is 0 Å². The largest absolute Gasteiger partial charge is 0.326 e. The third kappa shape index (κ3) is 2.83. The lowest BCUT2D eigenvalue weighted by Crippen LogP contribution is -2.20. The third-order valence-electron chi connectivity index (χ3n) is 4.54. The molecular formula is C15H17BrFNO. The van der Waals surface area contributed by atoms with Crippen molar-refractivity contribution < 1.29 is 9.18 Å². The fourth-order valence-electron chi connectivity index (χ4n) is 3.65. The Labute approximate surface area is 120 Å². The van der Waals surface area contributed by atoms with Crippen LogP contribution in [0.2, 0.25) is 0 Å². The highest BCUT2D eigenvalue weighted by Gasteiger charge is 2.40. The number of rotatable bonds is 3. The monoisotopic (exact) mass is 325 g/mol. The zero-order valence-corrected chi connectivity index (χ0v) is 12.2. The van der Waals surface area contributed by atoms with Gasteiger partial charge in [-0.25, -0.2) is 4.39 Å². The Balaban J connectivity index is 1.57. The van der Waals surface area contributed by atoms with E-state index in [2.05, 4.69) is 21.2 Å². The van der Waals surface area contributed by atoms with Crippen molar-refractivity contribution in [2.45, 2.75) is 32.1 Å². The molecule has 1 aromatic rings. The van der Waals surface area contributed by atoms with Crippen molar-refractivity contribution in [3.63, 3.8) is 0 Å². The molecule has 2 aliphatic rings. The molecule has 2 fully saturated rings. The summed E-state index contributed by atoms with van der Waals surface area (Å²) in [5, 5.41) is 2.86. The molecule has 3 unspecified atom stereocenters. The van der Waals surface area contributed by atoms with Gasteiger partial charge in [-0.2, -0.15) is 0 Å². The lowest BCUT2D eigenvalue weighted by molar-refractivity contribution is -0.117. The zero-order valence-electron chi connectivity index (χ0n) is 10.7. The average Bonchev–Trinajstić information content (AvgIpc) is 2.96. The molecule has 0 radical (unpaired) electrons. The minimum absolute atomic E-state index is 0.0519. The molecule has 102 valence electrons. The number of hydrogen-bond donors (Lipinski definition) is 1. The number of nitrogens with one attached hydrogen (secondary N) is 1. The van der Waals surface area contributed by atoms with Crippen molar-refractivity contribution in [2.75, 3.05) is 5.32 Å². The maximum Gasteiger partial charge on any atom is 0.224 e. The van der Waals surface area contributed by atoms with E-state index in [9.17, 15) is 9.18 Å². The minimum Gasteiger partial charge on any atom is -0.326 e. The topological polar surface area (TPSA) is 29.1 Å². The number of hydrogen-bond acceptors (Lipinski definition) is 1. The van der Waals surface area contributed by atoms with Gasteiger partial charge < -0.3 is 5.32 Å². The molecular weight excluding hydrogens is 309 g/mol. The van der Waals surface area contributed by atoms with Gasteiger partial charge in [-0.15, -0.1) is 0 Å². The van der Waals surface area contributed by atoms with Gasteiger partial charge in [0.25, 0.3) is 0 Å². The molecule has 3 atom stereocenters. The minimum atomic E-state index is -0.314. The first kappa shape index (κ1) is 13.1. The summed E-state index contributed by atoms with van der Waals surface area (Å²) in [6, 6.07) is 4.56. The molecule has 0 saturated heterocycles. The molecule has 1 amide bonds. The molecule has 1 N–H and O–H groups in total. The lowest BCUT2D eigenvalue weighted by atomic mass is 9.86. The second-order valence-electron chi connectivity index (χ2n) is 5.82. The van der Waals surface area contributed by atoms with Crippen molar-refractivity contribution >= 4 is 27.5 Å². The number of anilines is 1. The van der Waals surface area contributed by atoms with Crippen molar-refractivity contribution in [3.8, 4) is 0 Å². The van der Waals surface area contributed by atoms with Gasteiger partial charge in [0.05, 0.1) is 4.47 Å². The van der Waals surface area contributed by atoms with Crippen LogP contribution in [0.5, 0.6) is 0 Å². The Morgan fingerprint density at radius 2 is 2.21 bits per heavy atom. The van der Waals surface area contributed by atoms with Crippen LogP contribution in [0.25, 0.3) is 0 Å². The van der Waals surface area contributed by atoms with E-state index < -0.39 is 0 Å². The van der Waals surface area contributed by atoms with Crippen molar-refractivity contribution in [2.24, 2.45) is 17.8 Å². The first-order chi connectivity index (χ1) is 9.11. The predicted octanol–water partition coefficient (Wildman–Crippen LogP) is 4.35. The number of carbonyl (C=O) groups is 1. The Morgan fingerprint density at radius 3 is 2.84 bits per heavy atom. The molecule has 19 heavy (non-hydrogen) atoms. The molecule has 2 saturated carbocycles. The fourth-order valence-corrected chi connectivity index (χ4v) is 4.03. The normalized spacial score (nSPS) is 28.6. The first-order valence-corrected chi connectivity index (χ1v) is 7.66. The molecule has 0 heterocycles. The van der Waals surface area contributed by atoms with Crippen LogP contribution in [0.1, 0.15) is 32.1 Å². The van der Waals surface area contributed by atoms with E-state index in [1.165, 1.54) is 31.7 Å². The number of fused-ring (bicyclic) bond motifs is 2. The standard InChI is InChI=1S/C15H17BrFNO/c16-13-8-12(3-4-14(13)17)18-15(19)7-11-6-9-1-2-10(11)5-9/h3-4,8-11H,1-2,5-7H2,(H,18,19). The van der Waals surface area contributed by atoms with E-state index >= 15 is 0 Å². The molecule has 4 heteroatoms. The highest BCUT2D eigenvalue weighted by atomic mass is 79.9. The van der Waals surface area contributed by atoms with Crippen molar-refractivity contribution in [3.05, 3.63) is 28.5 Å². The van der Waals surface area contributed by atoms with Gasteiger partial charge >= 0.3 is 0 Å². The van der Waals surface area contributed by atoms with Gasteiger partial charge in [-0.05, 0) is 71.1 Å². The molecule has 1 aromatic carbocycles. The SMILES string of the molecule is O=C(CC1CC2CCC1C2)Nc1ccc(F)c(Br)c1. The van der Waals surface area contributed by atoms with E-state index in [0.717, 1.165) is 11.8 Å². The number of halogens is 2. The van der Waals surface area contributed by atoms with Gasteiger partial charge in [0, 0.05) is 12.1 Å². The molecule has 0 aliphatic heterocycles. The Kier molecular flexibility index (Phi) is 3.61. The summed E-state index contributed by atoms with van der Waals surface area (Å²) >= 11 is 3.12. The molecule has 2 aliphatic carbocycles. The van der Waals surface area contributed by atoms with E-state index in [-0.39, 0.29) is 11.7 Å². The number of carbonyl (C=O) groups excluding carboxylic acids is 1. The number of amides is 1. The maximum atomic E-state index is 13.1. The molecule has 0 spiro atoms. The summed E-state index contributed by atoms with van der Waals surface area (Å²) in [5.74, 6) is 1.92. The van der Waals surface area contributed by atoms with E-state index in [1.54, 1.807) is 12.1 Å². The smallest absolute Gasteiger partial charge is 0.224 e.